The maximum atomic E-state index is 12.2. The average molecular weight is 315 g/mol. The van der Waals surface area contributed by atoms with Gasteiger partial charge in [0, 0.05) is 23.5 Å². The molecule has 3 N–H and O–H groups in total. The van der Waals surface area contributed by atoms with E-state index in [-0.39, 0.29) is 10.7 Å². The number of nitrogens with one attached hydrogen (secondary N) is 1. The number of nitrogens with zero attached hydrogens (tertiary/aromatic N) is 2. The first kappa shape index (κ1) is 14.7. The zero-order valence-electron chi connectivity index (χ0n) is 10.9. The zero-order valence-corrected chi connectivity index (χ0v) is 12.4. The molecule has 0 bridgehead atoms. The summed E-state index contributed by atoms with van der Waals surface area (Å²) in [6, 6.07) is 6.35. The van der Waals surface area contributed by atoms with E-state index >= 15 is 0 Å². The van der Waals surface area contributed by atoms with Crippen LogP contribution in [0.2, 0.25) is 5.02 Å². The Labute approximate surface area is 122 Å². The van der Waals surface area contributed by atoms with E-state index in [0.29, 0.717) is 17.3 Å². The van der Waals surface area contributed by atoms with Gasteiger partial charge in [-0.05, 0) is 30.7 Å². The number of nitrogens with two attached hydrogens (primary N) is 1. The molecule has 1 aromatic carbocycles. The standard InChI is InChI=1S/C12H15ClN4O2S/c1-2-7-17-8-11(12(14)15-17)20(18,19)16-10-5-3-9(13)4-6-10/h3-6,8,16H,2,7H2,1H3,(H2,14,15). The lowest BCUT2D eigenvalue weighted by Crippen LogP contribution is -2.13. The zero-order chi connectivity index (χ0) is 14.8. The third-order valence-electron chi connectivity index (χ3n) is 2.59. The maximum absolute atomic E-state index is 12.2. The van der Waals surface area contributed by atoms with Gasteiger partial charge >= 0.3 is 0 Å². The first-order valence-corrected chi connectivity index (χ1v) is 7.90. The van der Waals surface area contributed by atoms with E-state index in [1.165, 1.54) is 10.9 Å². The molecule has 0 unspecified atom stereocenters. The summed E-state index contributed by atoms with van der Waals surface area (Å²) in [6.07, 6.45) is 2.27. The lowest BCUT2D eigenvalue weighted by molar-refractivity contribution is 0.595. The van der Waals surface area contributed by atoms with Crippen molar-refractivity contribution < 1.29 is 8.42 Å². The molecule has 20 heavy (non-hydrogen) atoms. The Balaban J connectivity index is 2.28. The van der Waals surface area contributed by atoms with Gasteiger partial charge in [0.25, 0.3) is 10.0 Å². The van der Waals surface area contributed by atoms with Crippen molar-refractivity contribution in [3.63, 3.8) is 0 Å². The highest BCUT2D eigenvalue weighted by Gasteiger charge is 2.21. The predicted molar refractivity (Wildman–Crippen MR) is 79.2 cm³/mol. The highest BCUT2D eigenvalue weighted by molar-refractivity contribution is 7.92. The number of rotatable bonds is 5. The monoisotopic (exact) mass is 314 g/mol. The Hall–Kier alpha value is -1.73. The van der Waals surface area contributed by atoms with Crippen molar-refractivity contribution in [2.45, 2.75) is 24.8 Å². The van der Waals surface area contributed by atoms with Crippen LogP contribution in [-0.4, -0.2) is 18.2 Å². The van der Waals surface area contributed by atoms with Gasteiger partial charge in [0.05, 0.1) is 0 Å². The van der Waals surface area contributed by atoms with Crippen molar-refractivity contribution in [1.82, 2.24) is 9.78 Å². The van der Waals surface area contributed by atoms with Crippen molar-refractivity contribution in [3.05, 3.63) is 35.5 Å². The number of halogens is 1. The van der Waals surface area contributed by atoms with Crippen LogP contribution in [-0.2, 0) is 16.6 Å². The Morgan fingerprint density at radius 3 is 2.60 bits per heavy atom. The third-order valence-corrected chi connectivity index (χ3v) is 4.24. The maximum Gasteiger partial charge on any atom is 0.267 e. The second-order valence-corrected chi connectivity index (χ2v) is 6.34. The second-order valence-electron chi connectivity index (χ2n) is 4.25. The Bertz CT molecular complexity index is 695. The summed E-state index contributed by atoms with van der Waals surface area (Å²) >= 11 is 5.75. The normalized spacial score (nSPS) is 11.5. The molecule has 1 aromatic heterocycles. The van der Waals surface area contributed by atoms with Crippen LogP contribution in [0.5, 0.6) is 0 Å². The Kier molecular flexibility index (Phi) is 4.20. The number of hydrogen-bond acceptors (Lipinski definition) is 4. The number of aryl methyl sites for hydroxylation is 1. The highest BCUT2D eigenvalue weighted by atomic mass is 35.5. The van der Waals surface area contributed by atoms with Crippen LogP contribution in [0.15, 0.2) is 35.4 Å². The fourth-order valence-electron chi connectivity index (χ4n) is 1.70. The largest absolute Gasteiger partial charge is 0.381 e. The van der Waals surface area contributed by atoms with Gasteiger partial charge in [0.2, 0.25) is 0 Å². The molecule has 0 aliphatic carbocycles. The highest BCUT2D eigenvalue weighted by Crippen LogP contribution is 2.21. The molecule has 0 aliphatic rings. The van der Waals surface area contributed by atoms with Crippen molar-refractivity contribution in [1.29, 1.82) is 0 Å². The van der Waals surface area contributed by atoms with Crippen LogP contribution in [0.1, 0.15) is 13.3 Å². The Morgan fingerprint density at radius 2 is 2.00 bits per heavy atom. The van der Waals surface area contributed by atoms with Gasteiger partial charge in [-0.2, -0.15) is 5.10 Å². The predicted octanol–water partition coefficient (Wildman–Crippen LogP) is 2.33. The van der Waals surface area contributed by atoms with Crippen molar-refractivity contribution >= 4 is 33.1 Å². The first-order chi connectivity index (χ1) is 9.42. The molecule has 0 radical (unpaired) electrons. The van der Waals surface area contributed by atoms with Crippen LogP contribution in [0.3, 0.4) is 0 Å². The second kappa shape index (κ2) is 5.72. The van der Waals surface area contributed by atoms with Gasteiger partial charge in [-0.1, -0.05) is 18.5 Å². The molecule has 108 valence electrons. The van der Waals surface area contributed by atoms with Crippen molar-refractivity contribution in [2.24, 2.45) is 0 Å². The summed E-state index contributed by atoms with van der Waals surface area (Å²) < 4.78 is 28.5. The third kappa shape index (κ3) is 3.23. The molecule has 2 aromatic rings. The minimum absolute atomic E-state index is 0.0140. The van der Waals surface area contributed by atoms with Crippen LogP contribution >= 0.6 is 11.6 Å². The summed E-state index contributed by atoms with van der Waals surface area (Å²) in [5.74, 6) is -0.0140. The molecular weight excluding hydrogens is 300 g/mol. The topological polar surface area (TPSA) is 90.0 Å². The van der Waals surface area contributed by atoms with Crippen LogP contribution in [0.25, 0.3) is 0 Å². The summed E-state index contributed by atoms with van der Waals surface area (Å²) in [7, 11) is -3.76. The molecule has 0 fully saturated rings. The number of hydrogen-bond donors (Lipinski definition) is 2. The number of sulfonamides is 1. The number of aromatic nitrogens is 2. The molecule has 1 heterocycles. The molecule has 0 saturated carbocycles. The Morgan fingerprint density at radius 1 is 1.35 bits per heavy atom. The fraction of sp³-hybridized carbons (Fsp3) is 0.250. The minimum Gasteiger partial charge on any atom is -0.381 e. The van der Waals surface area contributed by atoms with E-state index in [1.807, 2.05) is 6.92 Å². The quantitative estimate of drug-likeness (QED) is 0.886. The van der Waals surface area contributed by atoms with E-state index in [2.05, 4.69) is 9.82 Å². The van der Waals surface area contributed by atoms with E-state index in [0.717, 1.165) is 6.42 Å². The number of nitrogen functional groups attached to an aromatic ring is 1. The molecule has 2 rings (SSSR count). The van der Waals surface area contributed by atoms with E-state index < -0.39 is 10.0 Å². The molecule has 8 heteroatoms. The lowest BCUT2D eigenvalue weighted by Gasteiger charge is -2.06. The summed E-state index contributed by atoms with van der Waals surface area (Å²) in [5.41, 5.74) is 6.08. The summed E-state index contributed by atoms with van der Waals surface area (Å²) in [4.78, 5) is -0.0269. The molecule has 0 atom stereocenters. The molecule has 0 spiro atoms. The SMILES string of the molecule is CCCn1cc(S(=O)(=O)Nc2ccc(Cl)cc2)c(N)n1. The van der Waals surface area contributed by atoms with Gasteiger partial charge in [0.15, 0.2) is 5.82 Å². The molecular formula is C12H15ClN4O2S. The summed E-state index contributed by atoms with van der Waals surface area (Å²) in [5, 5.41) is 4.51. The van der Waals surface area contributed by atoms with Crippen molar-refractivity contribution in [2.75, 3.05) is 10.5 Å². The molecule has 6 nitrogen and oxygen atoms in total. The van der Waals surface area contributed by atoms with Gasteiger partial charge in [0.1, 0.15) is 4.90 Å². The van der Waals surface area contributed by atoms with Crippen LogP contribution in [0, 0.1) is 0 Å². The lowest BCUT2D eigenvalue weighted by atomic mass is 10.3. The first-order valence-electron chi connectivity index (χ1n) is 6.03. The smallest absolute Gasteiger partial charge is 0.267 e. The molecule has 0 aliphatic heterocycles. The average Bonchev–Trinajstić information content (AvgIpc) is 2.74. The van der Waals surface area contributed by atoms with E-state index in [9.17, 15) is 8.42 Å². The van der Waals surface area contributed by atoms with Gasteiger partial charge < -0.3 is 5.73 Å². The number of anilines is 2. The summed E-state index contributed by atoms with van der Waals surface area (Å²) in [6.45, 7) is 2.58. The van der Waals surface area contributed by atoms with Crippen LogP contribution in [0.4, 0.5) is 11.5 Å². The van der Waals surface area contributed by atoms with Gasteiger partial charge in [-0.25, -0.2) is 8.42 Å². The van der Waals surface area contributed by atoms with E-state index in [4.69, 9.17) is 17.3 Å². The van der Waals surface area contributed by atoms with E-state index in [1.54, 1.807) is 24.3 Å². The van der Waals surface area contributed by atoms with Gasteiger partial charge in [-0.3, -0.25) is 9.40 Å². The van der Waals surface area contributed by atoms with Crippen LogP contribution < -0.4 is 10.5 Å². The minimum atomic E-state index is -3.76. The number of benzene rings is 1. The van der Waals surface area contributed by atoms with Gasteiger partial charge in [-0.15, -0.1) is 0 Å². The van der Waals surface area contributed by atoms with Crippen molar-refractivity contribution in [3.8, 4) is 0 Å². The fourth-order valence-corrected chi connectivity index (χ4v) is 2.96. The molecule has 0 amide bonds. The molecule has 0 saturated heterocycles.